The van der Waals surface area contributed by atoms with Gasteiger partial charge < -0.3 is 10.6 Å². The van der Waals surface area contributed by atoms with Crippen LogP contribution in [0.3, 0.4) is 0 Å². The van der Waals surface area contributed by atoms with Crippen LogP contribution >= 0.6 is 23.8 Å². The number of carbonyl (C=O) groups is 2. The van der Waals surface area contributed by atoms with Crippen molar-refractivity contribution in [1.82, 2.24) is 16.2 Å². The Balaban J connectivity index is 1.99. The summed E-state index contributed by atoms with van der Waals surface area (Å²) in [5.74, 6) is -0.902. The summed E-state index contributed by atoms with van der Waals surface area (Å²) < 4.78 is 0. The Morgan fingerprint density at radius 2 is 1.77 bits per heavy atom. The highest BCUT2D eigenvalue weighted by Crippen LogP contribution is 2.14. The van der Waals surface area contributed by atoms with Crippen molar-refractivity contribution >= 4 is 52.5 Å². The molecule has 0 aliphatic heterocycles. The Kier molecular flexibility index (Phi) is 7.13. The summed E-state index contributed by atoms with van der Waals surface area (Å²) >= 11 is 11.0. The van der Waals surface area contributed by atoms with Crippen molar-refractivity contribution in [1.29, 1.82) is 0 Å². The number of hydrazine groups is 1. The third kappa shape index (κ3) is 6.54. The van der Waals surface area contributed by atoms with Crippen molar-refractivity contribution in [2.45, 2.75) is 6.92 Å². The van der Waals surface area contributed by atoms with Crippen LogP contribution in [0.15, 0.2) is 60.3 Å². The van der Waals surface area contributed by atoms with E-state index >= 15 is 0 Å². The molecule has 6 nitrogen and oxygen atoms in total. The second-order valence-electron chi connectivity index (χ2n) is 5.19. The Morgan fingerprint density at radius 3 is 2.42 bits per heavy atom. The Hall–Kier alpha value is -2.90. The summed E-state index contributed by atoms with van der Waals surface area (Å²) in [7, 11) is 0. The van der Waals surface area contributed by atoms with E-state index in [-0.39, 0.29) is 16.7 Å². The Labute approximate surface area is 161 Å². The molecule has 2 rings (SSSR count). The highest BCUT2D eigenvalue weighted by atomic mass is 35.5. The molecule has 4 N–H and O–H groups in total. The Bertz CT molecular complexity index is 840. The molecule has 0 atom stereocenters. The van der Waals surface area contributed by atoms with Crippen LogP contribution in [0.5, 0.6) is 0 Å². The predicted octanol–water partition coefficient (Wildman–Crippen LogP) is 2.83. The zero-order chi connectivity index (χ0) is 18.9. The maximum atomic E-state index is 12.3. The lowest BCUT2D eigenvalue weighted by Crippen LogP contribution is -2.46. The zero-order valence-electron chi connectivity index (χ0n) is 13.9. The van der Waals surface area contributed by atoms with Crippen LogP contribution in [0, 0.1) is 0 Å². The minimum Gasteiger partial charge on any atom is -0.331 e. The fourth-order valence-corrected chi connectivity index (χ4v) is 2.33. The molecule has 0 aliphatic carbocycles. The molecule has 0 unspecified atom stereocenters. The maximum absolute atomic E-state index is 12.3. The van der Waals surface area contributed by atoms with E-state index in [1.165, 1.54) is 6.92 Å². The van der Waals surface area contributed by atoms with Gasteiger partial charge in [-0.25, -0.2) is 0 Å². The van der Waals surface area contributed by atoms with E-state index in [1.807, 2.05) is 30.3 Å². The average Bonchev–Trinajstić information content (AvgIpc) is 2.59. The van der Waals surface area contributed by atoms with Gasteiger partial charge in [0.05, 0.1) is 0 Å². The van der Waals surface area contributed by atoms with E-state index in [9.17, 15) is 9.59 Å². The number of carbonyl (C=O) groups excluding carboxylic acids is 2. The lowest BCUT2D eigenvalue weighted by atomic mass is 10.2. The van der Waals surface area contributed by atoms with Gasteiger partial charge in [0, 0.05) is 17.6 Å². The first-order chi connectivity index (χ1) is 12.4. The van der Waals surface area contributed by atoms with Crippen LogP contribution in [-0.2, 0) is 9.59 Å². The highest BCUT2D eigenvalue weighted by Gasteiger charge is 2.11. The van der Waals surface area contributed by atoms with Gasteiger partial charge in [-0.1, -0.05) is 48.0 Å². The first-order valence-electron chi connectivity index (χ1n) is 7.61. The van der Waals surface area contributed by atoms with Crippen LogP contribution in [0.4, 0.5) is 5.69 Å². The molecule has 0 fully saturated rings. The number of amides is 2. The average molecular weight is 389 g/mol. The number of nitrogens with one attached hydrogen (secondary N) is 4. The molecule has 134 valence electrons. The van der Waals surface area contributed by atoms with Gasteiger partial charge in [-0.2, -0.15) is 0 Å². The topological polar surface area (TPSA) is 82.3 Å². The van der Waals surface area contributed by atoms with E-state index in [1.54, 1.807) is 30.3 Å². The van der Waals surface area contributed by atoms with Gasteiger partial charge in [0.15, 0.2) is 5.11 Å². The molecule has 2 aromatic rings. The van der Waals surface area contributed by atoms with Gasteiger partial charge in [0.25, 0.3) is 5.91 Å². The molecule has 0 bridgehead atoms. The monoisotopic (exact) mass is 388 g/mol. The van der Waals surface area contributed by atoms with Crippen molar-refractivity contribution in [3.63, 3.8) is 0 Å². The summed E-state index contributed by atoms with van der Waals surface area (Å²) in [6.45, 7) is 1.32. The normalized spacial score (nSPS) is 10.6. The summed E-state index contributed by atoms with van der Waals surface area (Å²) in [4.78, 5) is 23.7. The third-order valence-corrected chi connectivity index (χ3v) is 3.48. The predicted molar refractivity (Wildman–Crippen MR) is 107 cm³/mol. The Morgan fingerprint density at radius 1 is 1.04 bits per heavy atom. The van der Waals surface area contributed by atoms with Gasteiger partial charge in [-0.05, 0) is 42.1 Å². The number of anilines is 1. The third-order valence-electron chi connectivity index (χ3n) is 3.04. The molecule has 0 heterocycles. The fraction of sp³-hybridized carbons (Fsp3) is 0.0556. The summed E-state index contributed by atoms with van der Waals surface area (Å²) in [5.41, 5.74) is 6.54. The molecular formula is C18H17ClN4O2S. The first-order valence-corrected chi connectivity index (χ1v) is 8.40. The van der Waals surface area contributed by atoms with Crippen LogP contribution in [0.1, 0.15) is 12.5 Å². The molecule has 0 saturated carbocycles. The van der Waals surface area contributed by atoms with E-state index in [4.69, 9.17) is 23.8 Å². The van der Waals surface area contributed by atoms with Crippen molar-refractivity contribution < 1.29 is 9.59 Å². The summed E-state index contributed by atoms with van der Waals surface area (Å²) in [5, 5.41) is 6.10. The second-order valence-corrected chi connectivity index (χ2v) is 6.04. The number of rotatable bonds is 4. The number of halogens is 1. The van der Waals surface area contributed by atoms with E-state index in [2.05, 4.69) is 21.5 Å². The van der Waals surface area contributed by atoms with Gasteiger partial charge in [-0.3, -0.25) is 20.4 Å². The number of hydrogen-bond acceptors (Lipinski definition) is 3. The van der Waals surface area contributed by atoms with Gasteiger partial charge in [-0.15, -0.1) is 0 Å². The standard InChI is InChI=1S/C18H17ClN4O2S/c1-12(24)20-16(10-13-6-3-2-4-7-13)17(25)22-23-18(26)21-15-9-5-8-14(19)11-15/h2-11H,1H3,(H,20,24)(H,22,25)(H2,21,23,26)/b16-10-. The van der Waals surface area contributed by atoms with E-state index in [0.717, 1.165) is 5.56 Å². The molecule has 0 aliphatic rings. The minimum atomic E-state index is -0.542. The van der Waals surface area contributed by atoms with E-state index in [0.29, 0.717) is 10.7 Å². The number of benzene rings is 2. The minimum absolute atomic E-state index is 0.0850. The fourth-order valence-electron chi connectivity index (χ4n) is 1.97. The quantitative estimate of drug-likeness (QED) is 0.368. The van der Waals surface area contributed by atoms with Crippen molar-refractivity contribution in [3.8, 4) is 0 Å². The first kappa shape index (κ1) is 19.4. The molecule has 2 amide bonds. The molecule has 2 aromatic carbocycles. The SMILES string of the molecule is CC(=O)N/C(=C\c1ccccc1)C(=O)NNC(=S)Nc1cccc(Cl)c1. The van der Waals surface area contributed by atoms with Gasteiger partial charge in [0.1, 0.15) is 5.70 Å². The molecule has 0 spiro atoms. The second kappa shape index (κ2) is 9.55. The van der Waals surface area contributed by atoms with Crippen molar-refractivity contribution in [2.75, 3.05) is 5.32 Å². The molecule has 0 aromatic heterocycles. The lowest BCUT2D eigenvalue weighted by molar-refractivity contribution is -0.122. The van der Waals surface area contributed by atoms with Crippen LogP contribution in [0.2, 0.25) is 5.02 Å². The van der Waals surface area contributed by atoms with Crippen LogP contribution < -0.4 is 21.5 Å². The number of hydrogen-bond donors (Lipinski definition) is 4. The lowest BCUT2D eigenvalue weighted by Gasteiger charge is -2.13. The highest BCUT2D eigenvalue weighted by molar-refractivity contribution is 7.80. The molecule has 8 heteroatoms. The molecule has 0 radical (unpaired) electrons. The largest absolute Gasteiger partial charge is 0.331 e. The summed E-state index contributed by atoms with van der Waals surface area (Å²) in [6, 6.07) is 16.1. The maximum Gasteiger partial charge on any atom is 0.286 e. The van der Waals surface area contributed by atoms with Crippen molar-refractivity contribution in [3.05, 3.63) is 70.9 Å². The van der Waals surface area contributed by atoms with Gasteiger partial charge >= 0.3 is 0 Å². The molecule has 26 heavy (non-hydrogen) atoms. The van der Waals surface area contributed by atoms with Crippen LogP contribution in [0.25, 0.3) is 6.08 Å². The van der Waals surface area contributed by atoms with Gasteiger partial charge in [0.2, 0.25) is 5.91 Å². The smallest absolute Gasteiger partial charge is 0.286 e. The zero-order valence-corrected chi connectivity index (χ0v) is 15.4. The van der Waals surface area contributed by atoms with Crippen LogP contribution in [-0.4, -0.2) is 16.9 Å². The summed E-state index contributed by atoms with van der Waals surface area (Å²) in [6.07, 6.45) is 1.56. The van der Waals surface area contributed by atoms with E-state index < -0.39 is 5.91 Å². The molecule has 0 saturated heterocycles. The molecular weight excluding hydrogens is 372 g/mol. The number of thiocarbonyl (C=S) groups is 1. The van der Waals surface area contributed by atoms with Crippen molar-refractivity contribution in [2.24, 2.45) is 0 Å².